The van der Waals surface area contributed by atoms with Crippen LogP contribution in [-0.2, 0) is 4.74 Å². The molecule has 0 aliphatic carbocycles. The lowest BCUT2D eigenvalue weighted by Gasteiger charge is -2.22. The first-order valence-electron chi connectivity index (χ1n) is 5.49. The van der Waals surface area contributed by atoms with Crippen molar-refractivity contribution >= 4 is 11.7 Å². The van der Waals surface area contributed by atoms with Crippen molar-refractivity contribution in [2.24, 2.45) is 5.73 Å². The Morgan fingerprint density at radius 1 is 1.53 bits per heavy atom. The normalized spacial score (nSPS) is 10.2. The number of nitrogens with one attached hydrogen (secondary N) is 1. The van der Waals surface area contributed by atoms with Crippen LogP contribution in [0.15, 0.2) is 12.3 Å². The van der Waals surface area contributed by atoms with Crippen LogP contribution in [0.2, 0.25) is 0 Å². The molecule has 0 radical (unpaired) electrons. The Kier molecular flexibility index (Phi) is 5.35. The lowest BCUT2D eigenvalue weighted by atomic mass is 10.3. The van der Waals surface area contributed by atoms with Crippen molar-refractivity contribution in [3.8, 4) is 0 Å². The third-order valence-electron chi connectivity index (χ3n) is 2.32. The van der Waals surface area contributed by atoms with E-state index in [-0.39, 0.29) is 5.84 Å². The molecule has 3 N–H and O–H groups in total. The van der Waals surface area contributed by atoms with Gasteiger partial charge < -0.3 is 15.4 Å². The summed E-state index contributed by atoms with van der Waals surface area (Å²) in [5.74, 6) is 0.969. The molecule has 0 unspecified atom stereocenters. The summed E-state index contributed by atoms with van der Waals surface area (Å²) in [6.45, 7) is 3.93. The molecule has 0 spiro atoms. The second-order valence-electron chi connectivity index (χ2n) is 3.85. The van der Waals surface area contributed by atoms with Crippen molar-refractivity contribution in [2.45, 2.75) is 13.3 Å². The third-order valence-corrected chi connectivity index (χ3v) is 2.32. The van der Waals surface area contributed by atoms with E-state index in [4.69, 9.17) is 15.9 Å². The fourth-order valence-corrected chi connectivity index (χ4v) is 1.40. The van der Waals surface area contributed by atoms with E-state index >= 15 is 0 Å². The molecule has 0 aliphatic heterocycles. The molecular weight excluding hydrogens is 218 g/mol. The first kappa shape index (κ1) is 13.4. The Morgan fingerprint density at radius 2 is 2.29 bits per heavy atom. The van der Waals surface area contributed by atoms with E-state index in [0.717, 1.165) is 11.4 Å². The van der Waals surface area contributed by atoms with Crippen LogP contribution in [0.25, 0.3) is 0 Å². The fraction of sp³-hybridized carbons (Fsp3) is 0.545. The lowest BCUT2D eigenvalue weighted by molar-refractivity contribution is 0.205. The van der Waals surface area contributed by atoms with Gasteiger partial charge in [0.25, 0.3) is 0 Å². The Labute approximate surface area is 101 Å². The van der Waals surface area contributed by atoms with E-state index < -0.39 is 0 Å². The predicted octanol–water partition coefficient (Wildman–Crippen LogP) is 0.564. The van der Waals surface area contributed by atoms with Gasteiger partial charge in [0.05, 0.1) is 18.6 Å². The average molecular weight is 237 g/mol. The van der Waals surface area contributed by atoms with Gasteiger partial charge in [-0.2, -0.15) is 5.10 Å². The van der Waals surface area contributed by atoms with Crippen LogP contribution in [0.4, 0.5) is 5.82 Å². The second kappa shape index (κ2) is 6.80. The van der Waals surface area contributed by atoms with Gasteiger partial charge in [-0.05, 0) is 18.6 Å². The zero-order chi connectivity index (χ0) is 12.7. The summed E-state index contributed by atoms with van der Waals surface area (Å²) in [6.07, 6.45) is 2.22. The van der Waals surface area contributed by atoms with Crippen molar-refractivity contribution in [3.63, 3.8) is 0 Å². The number of nitrogens with two attached hydrogens (primary N) is 1. The summed E-state index contributed by atoms with van der Waals surface area (Å²) < 4.78 is 5.06. The molecule has 17 heavy (non-hydrogen) atoms. The van der Waals surface area contributed by atoms with Gasteiger partial charge in [-0.15, -0.1) is 5.10 Å². The summed E-state index contributed by atoms with van der Waals surface area (Å²) in [7, 11) is 1.66. The largest absolute Gasteiger partial charge is 0.388 e. The van der Waals surface area contributed by atoms with E-state index in [2.05, 4.69) is 10.2 Å². The molecule has 0 saturated heterocycles. The highest BCUT2D eigenvalue weighted by Gasteiger charge is 2.08. The van der Waals surface area contributed by atoms with Crippen LogP contribution in [0, 0.1) is 12.3 Å². The van der Waals surface area contributed by atoms with E-state index in [0.29, 0.717) is 26.1 Å². The molecular formula is C11H19N5O. The number of anilines is 1. The number of ether oxygens (including phenoxy) is 1. The average Bonchev–Trinajstić information content (AvgIpc) is 2.29. The molecule has 0 amide bonds. The number of aromatic nitrogens is 2. The number of rotatable bonds is 7. The summed E-state index contributed by atoms with van der Waals surface area (Å²) in [6, 6.07) is 1.96. The highest BCUT2D eigenvalue weighted by atomic mass is 16.5. The van der Waals surface area contributed by atoms with Crippen molar-refractivity contribution in [1.29, 1.82) is 5.41 Å². The van der Waals surface area contributed by atoms with Crippen molar-refractivity contribution in [1.82, 2.24) is 10.2 Å². The molecule has 1 aromatic heterocycles. The number of methoxy groups -OCH3 is 1. The topological polar surface area (TPSA) is 88.1 Å². The van der Waals surface area contributed by atoms with Gasteiger partial charge >= 0.3 is 0 Å². The van der Waals surface area contributed by atoms with E-state index in [9.17, 15) is 0 Å². The SMILES string of the molecule is COCCN(CCC(=N)N)c1cc(C)cnn1. The van der Waals surface area contributed by atoms with Crippen LogP contribution in [-0.4, -0.2) is 42.8 Å². The Balaban J connectivity index is 2.70. The van der Waals surface area contributed by atoms with Crippen LogP contribution in [0.1, 0.15) is 12.0 Å². The van der Waals surface area contributed by atoms with Gasteiger partial charge in [-0.25, -0.2) is 0 Å². The van der Waals surface area contributed by atoms with E-state index in [1.165, 1.54) is 0 Å². The van der Waals surface area contributed by atoms with Gasteiger partial charge in [0.1, 0.15) is 0 Å². The summed E-state index contributed by atoms with van der Waals surface area (Å²) >= 11 is 0. The second-order valence-corrected chi connectivity index (χ2v) is 3.85. The lowest BCUT2D eigenvalue weighted by Crippen LogP contribution is -2.31. The number of hydrogen-bond donors (Lipinski definition) is 2. The van der Waals surface area contributed by atoms with Crippen LogP contribution in [0.3, 0.4) is 0 Å². The highest BCUT2D eigenvalue weighted by molar-refractivity contribution is 5.77. The molecule has 94 valence electrons. The van der Waals surface area contributed by atoms with Gasteiger partial charge in [-0.1, -0.05) is 0 Å². The molecule has 1 heterocycles. The quantitative estimate of drug-likeness (QED) is 0.534. The monoisotopic (exact) mass is 237 g/mol. The summed E-state index contributed by atoms with van der Waals surface area (Å²) in [4.78, 5) is 2.02. The third kappa shape index (κ3) is 4.78. The molecule has 6 heteroatoms. The van der Waals surface area contributed by atoms with Gasteiger partial charge in [0.15, 0.2) is 5.82 Å². The van der Waals surface area contributed by atoms with Crippen molar-refractivity contribution in [3.05, 3.63) is 17.8 Å². The van der Waals surface area contributed by atoms with E-state index in [1.807, 2.05) is 17.9 Å². The fourth-order valence-electron chi connectivity index (χ4n) is 1.40. The zero-order valence-electron chi connectivity index (χ0n) is 10.3. The number of nitrogens with zero attached hydrogens (tertiary/aromatic N) is 3. The Morgan fingerprint density at radius 3 is 2.88 bits per heavy atom. The minimum Gasteiger partial charge on any atom is -0.388 e. The maximum atomic E-state index is 7.25. The molecule has 0 aliphatic rings. The maximum Gasteiger partial charge on any atom is 0.151 e. The highest BCUT2D eigenvalue weighted by Crippen LogP contribution is 2.11. The van der Waals surface area contributed by atoms with Crippen molar-refractivity contribution in [2.75, 3.05) is 31.7 Å². The minimum absolute atomic E-state index is 0.174. The summed E-state index contributed by atoms with van der Waals surface area (Å²) in [5.41, 5.74) is 6.42. The minimum atomic E-state index is 0.174. The molecule has 0 fully saturated rings. The standard InChI is InChI=1S/C11H19N5O/c1-9-7-11(15-14-8-9)16(5-6-17-2)4-3-10(12)13/h7-8H,3-6H2,1-2H3,(H3,12,13). The van der Waals surface area contributed by atoms with Crippen LogP contribution >= 0.6 is 0 Å². The number of amidine groups is 1. The van der Waals surface area contributed by atoms with Gasteiger partial charge in [0, 0.05) is 26.6 Å². The number of aryl methyl sites for hydroxylation is 1. The molecule has 1 aromatic rings. The Hall–Kier alpha value is -1.69. The molecule has 0 atom stereocenters. The first-order valence-corrected chi connectivity index (χ1v) is 5.49. The number of hydrogen-bond acceptors (Lipinski definition) is 5. The smallest absolute Gasteiger partial charge is 0.151 e. The zero-order valence-corrected chi connectivity index (χ0v) is 10.3. The van der Waals surface area contributed by atoms with Gasteiger partial charge in [0.2, 0.25) is 0 Å². The predicted molar refractivity (Wildman–Crippen MR) is 67.4 cm³/mol. The summed E-state index contributed by atoms with van der Waals surface area (Å²) in [5, 5.41) is 15.3. The van der Waals surface area contributed by atoms with Crippen LogP contribution < -0.4 is 10.6 Å². The van der Waals surface area contributed by atoms with E-state index in [1.54, 1.807) is 13.3 Å². The molecule has 0 bridgehead atoms. The van der Waals surface area contributed by atoms with Crippen LogP contribution in [0.5, 0.6) is 0 Å². The first-order chi connectivity index (χ1) is 8.13. The molecule has 1 rings (SSSR count). The maximum absolute atomic E-state index is 7.25. The van der Waals surface area contributed by atoms with Crippen molar-refractivity contribution < 1.29 is 4.74 Å². The Bertz CT molecular complexity index is 369. The van der Waals surface area contributed by atoms with Gasteiger partial charge in [-0.3, -0.25) is 5.41 Å². The molecule has 0 aromatic carbocycles. The molecule has 0 saturated carbocycles. The molecule has 6 nitrogen and oxygen atoms in total.